The van der Waals surface area contributed by atoms with Crippen molar-refractivity contribution in [3.63, 3.8) is 0 Å². The Bertz CT molecular complexity index is 126. The molecule has 0 radical (unpaired) electrons. The Hall–Kier alpha value is -0.240. The minimum atomic E-state index is -1.43. The molecule has 74 valence electrons. The highest BCUT2D eigenvalue weighted by Gasteiger charge is 2.40. The predicted molar refractivity (Wildman–Crippen MR) is 38.2 cm³/mol. The molecule has 0 aromatic rings. The van der Waals surface area contributed by atoms with Gasteiger partial charge >= 0.3 is 0 Å². The van der Waals surface area contributed by atoms with Gasteiger partial charge in [0.05, 0.1) is 6.10 Å². The van der Waals surface area contributed by atoms with Crippen LogP contribution in [0.1, 0.15) is 6.92 Å². The Morgan fingerprint density at radius 2 is 1.42 bits per heavy atom. The van der Waals surface area contributed by atoms with Crippen molar-refractivity contribution in [1.82, 2.24) is 0 Å². The SMILES string of the molecule is C[C@H]1O[C@H](O)[C@@H](O)[C@@H](O)[C@@H]1O.O. The molecule has 1 aliphatic heterocycles. The first kappa shape index (κ1) is 11.8. The highest BCUT2D eigenvalue weighted by atomic mass is 16.6. The van der Waals surface area contributed by atoms with Crippen LogP contribution in [-0.2, 0) is 4.74 Å². The Morgan fingerprint density at radius 1 is 0.917 bits per heavy atom. The van der Waals surface area contributed by atoms with E-state index in [-0.39, 0.29) is 5.48 Å². The number of ether oxygens (including phenoxy) is 1. The molecule has 12 heavy (non-hydrogen) atoms. The molecular formula is C6H14O6. The summed E-state index contributed by atoms with van der Waals surface area (Å²) in [4.78, 5) is 0. The quantitative estimate of drug-likeness (QED) is 0.317. The summed E-state index contributed by atoms with van der Waals surface area (Å²) in [7, 11) is 0. The first-order valence-electron chi connectivity index (χ1n) is 3.41. The molecular weight excluding hydrogens is 168 g/mol. The molecule has 6 heteroatoms. The lowest BCUT2D eigenvalue weighted by molar-refractivity contribution is -0.277. The first-order valence-corrected chi connectivity index (χ1v) is 3.41. The molecule has 0 saturated carbocycles. The Labute approximate surface area is 69.3 Å². The van der Waals surface area contributed by atoms with Crippen molar-refractivity contribution in [3.05, 3.63) is 0 Å². The monoisotopic (exact) mass is 182 g/mol. The lowest BCUT2D eigenvalue weighted by Gasteiger charge is -2.36. The second-order valence-corrected chi connectivity index (χ2v) is 2.70. The Balaban J connectivity index is 0.00000121. The van der Waals surface area contributed by atoms with E-state index in [1.807, 2.05) is 0 Å². The summed E-state index contributed by atoms with van der Waals surface area (Å²) in [6.45, 7) is 1.50. The third kappa shape index (κ3) is 1.92. The van der Waals surface area contributed by atoms with Crippen molar-refractivity contribution in [2.45, 2.75) is 37.6 Å². The van der Waals surface area contributed by atoms with Gasteiger partial charge in [-0.25, -0.2) is 0 Å². The molecule has 0 amide bonds. The van der Waals surface area contributed by atoms with Crippen molar-refractivity contribution in [2.24, 2.45) is 0 Å². The minimum Gasteiger partial charge on any atom is -0.412 e. The fraction of sp³-hybridized carbons (Fsp3) is 1.00. The van der Waals surface area contributed by atoms with Crippen molar-refractivity contribution in [1.29, 1.82) is 0 Å². The molecule has 0 aromatic heterocycles. The zero-order valence-electron chi connectivity index (χ0n) is 6.58. The van der Waals surface area contributed by atoms with Gasteiger partial charge in [-0.2, -0.15) is 0 Å². The lowest BCUT2D eigenvalue weighted by Crippen LogP contribution is -2.56. The highest BCUT2D eigenvalue weighted by Crippen LogP contribution is 2.18. The minimum absolute atomic E-state index is 0. The topological polar surface area (TPSA) is 122 Å². The fourth-order valence-electron chi connectivity index (χ4n) is 1.03. The lowest BCUT2D eigenvalue weighted by atomic mass is 10.0. The van der Waals surface area contributed by atoms with Crippen LogP contribution in [0.4, 0.5) is 0 Å². The zero-order chi connectivity index (χ0) is 8.59. The van der Waals surface area contributed by atoms with E-state index < -0.39 is 30.7 Å². The maximum Gasteiger partial charge on any atom is 0.183 e. The van der Waals surface area contributed by atoms with E-state index >= 15 is 0 Å². The van der Waals surface area contributed by atoms with E-state index in [4.69, 9.17) is 20.4 Å². The van der Waals surface area contributed by atoms with E-state index in [0.717, 1.165) is 0 Å². The van der Waals surface area contributed by atoms with Gasteiger partial charge in [0, 0.05) is 0 Å². The molecule has 1 heterocycles. The van der Waals surface area contributed by atoms with Gasteiger partial charge in [-0.1, -0.05) is 0 Å². The van der Waals surface area contributed by atoms with Gasteiger partial charge in [-0.05, 0) is 6.92 Å². The van der Waals surface area contributed by atoms with Gasteiger partial charge in [0.1, 0.15) is 18.3 Å². The Morgan fingerprint density at radius 3 is 1.92 bits per heavy atom. The van der Waals surface area contributed by atoms with E-state index in [9.17, 15) is 0 Å². The maximum atomic E-state index is 9.09. The molecule has 1 fully saturated rings. The molecule has 0 bridgehead atoms. The van der Waals surface area contributed by atoms with E-state index in [2.05, 4.69) is 4.74 Å². The number of rotatable bonds is 0. The summed E-state index contributed by atoms with van der Waals surface area (Å²) < 4.78 is 4.68. The third-order valence-corrected chi connectivity index (χ3v) is 1.83. The summed E-state index contributed by atoms with van der Waals surface area (Å²) in [5, 5.41) is 36.0. The molecule has 6 N–H and O–H groups in total. The highest BCUT2D eigenvalue weighted by molar-refractivity contribution is 4.86. The number of aliphatic hydroxyl groups excluding tert-OH is 4. The van der Waals surface area contributed by atoms with Crippen molar-refractivity contribution >= 4 is 0 Å². The number of hydrogen-bond donors (Lipinski definition) is 4. The summed E-state index contributed by atoms with van der Waals surface area (Å²) in [5.74, 6) is 0. The van der Waals surface area contributed by atoms with Gasteiger partial charge in [0.2, 0.25) is 0 Å². The average molecular weight is 182 g/mol. The summed E-state index contributed by atoms with van der Waals surface area (Å²) in [6, 6.07) is 0. The third-order valence-electron chi connectivity index (χ3n) is 1.83. The second-order valence-electron chi connectivity index (χ2n) is 2.70. The predicted octanol–water partition coefficient (Wildman–Crippen LogP) is -3.02. The van der Waals surface area contributed by atoms with Crippen LogP contribution >= 0.6 is 0 Å². The summed E-state index contributed by atoms with van der Waals surface area (Å²) in [5.41, 5.74) is 0. The van der Waals surface area contributed by atoms with E-state index in [0.29, 0.717) is 0 Å². The average Bonchev–Trinajstić information content (AvgIpc) is 1.97. The maximum absolute atomic E-state index is 9.09. The van der Waals surface area contributed by atoms with E-state index in [1.165, 1.54) is 6.92 Å². The van der Waals surface area contributed by atoms with Crippen molar-refractivity contribution in [2.75, 3.05) is 0 Å². The molecule has 6 nitrogen and oxygen atoms in total. The van der Waals surface area contributed by atoms with Crippen LogP contribution in [0.3, 0.4) is 0 Å². The summed E-state index contributed by atoms with van der Waals surface area (Å²) in [6.07, 6.45) is -5.99. The van der Waals surface area contributed by atoms with Gasteiger partial charge < -0.3 is 30.6 Å². The van der Waals surface area contributed by atoms with Crippen LogP contribution in [0.15, 0.2) is 0 Å². The largest absolute Gasteiger partial charge is 0.412 e. The standard InChI is InChI=1S/C6H12O5.H2O/c1-2-3(7)4(8)5(9)6(10)11-2;/h2-10H,1H3;1H2/t2-,3-,4+,5+,6+;/m1./s1. The smallest absolute Gasteiger partial charge is 0.183 e. The molecule has 1 aliphatic rings. The molecule has 0 spiro atoms. The molecule has 1 saturated heterocycles. The zero-order valence-corrected chi connectivity index (χ0v) is 6.58. The van der Waals surface area contributed by atoms with Crippen LogP contribution < -0.4 is 0 Å². The normalized spacial score (nSPS) is 48.2. The van der Waals surface area contributed by atoms with Crippen LogP contribution in [0.5, 0.6) is 0 Å². The second kappa shape index (κ2) is 4.13. The number of hydrogen-bond acceptors (Lipinski definition) is 5. The molecule has 0 aliphatic carbocycles. The molecule has 0 aromatic carbocycles. The van der Waals surface area contributed by atoms with E-state index in [1.54, 1.807) is 0 Å². The first-order chi connectivity index (χ1) is 5.04. The van der Waals surface area contributed by atoms with Crippen LogP contribution in [-0.4, -0.2) is 56.6 Å². The van der Waals surface area contributed by atoms with Crippen molar-refractivity contribution in [3.8, 4) is 0 Å². The van der Waals surface area contributed by atoms with Gasteiger partial charge in [-0.15, -0.1) is 0 Å². The number of aliphatic hydroxyl groups is 4. The van der Waals surface area contributed by atoms with Crippen LogP contribution in [0.2, 0.25) is 0 Å². The van der Waals surface area contributed by atoms with Crippen LogP contribution in [0, 0.1) is 0 Å². The Kier molecular flexibility index (Phi) is 4.04. The van der Waals surface area contributed by atoms with Crippen LogP contribution in [0.25, 0.3) is 0 Å². The fourth-order valence-corrected chi connectivity index (χ4v) is 1.03. The molecule has 5 atom stereocenters. The van der Waals surface area contributed by atoms with Gasteiger partial charge in [0.15, 0.2) is 6.29 Å². The van der Waals surface area contributed by atoms with Gasteiger partial charge in [-0.3, -0.25) is 0 Å². The molecule has 1 rings (SSSR count). The van der Waals surface area contributed by atoms with Gasteiger partial charge in [0.25, 0.3) is 0 Å². The summed E-state index contributed by atoms with van der Waals surface area (Å²) >= 11 is 0. The molecule has 0 unspecified atom stereocenters. The van der Waals surface area contributed by atoms with Crippen molar-refractivity contribution < 1.29 is 30.6 Å².